The second kappa shape index (κ2) is 7.55. The summed E-state index contributed by atoms with van der Waals surface area (Å²) in [5.41, 5.74) is 0.891. The number of esters is 1. The monoisotopic (exact) mass is 456 g/mol. The van der Waals surface area contributed by atoms with E-state index in [2.05, 4.69) is 10.2 Å². The zero-order valence-corrected chi connectivity index (χ0v) is 19.6. The molecule has 0 aromatic heterocycles. The summed E-state index contributed by atoms with van der Waals surface area (Å²) >= 11 is 0. The van der Waals surface area contributed by atoms with Gasteiger partial charge in [-0.3, -0.25) is 4.79 Å². The molecule has 2 aliphatic carbocycles. The molecule has 1 spiro atoms. The molecule has 8 heteroatoms. The Morgan fingerprint density at radius 1 is 1.33 bits per heavy atom. The van der Waals surface area contributed by atoms with E-state index in [9.17, 15) is 19.8 Å². The second-order valence-corrected chi connectivity index (χ2v) is 10.2. The van der Waals surface area contributed by atoms with Crippen molar-refractivity contribution in [3.05, 3.63) is 40.7 Å². The van der Waals surface area contributed by atoms with Crippen molar-refractivity contribution in [1.82, 2.24) is 10.2 Å². The van der Waals surface area contributed by atoms with Crippen molar-refractivity contribution < 1.29 is 29.3 Å². The predicted octanol–water partition coefficient (Wildman–Crippen LogP) is 1.16. The Bertz CT molecular complexity index is 1050. The third-order valence-corrected chi connectivity index (χ3v) is 8.08. The van der Waals surface area contributed by atoms with Crippen LogP contribution in [0.4, 0.5) is 0 Å². The van der Waals surface area contributed by atoms with E-state index in [-0.39, 0.29) is 24.5 Å². The number of rotatable bonds is 5. The van der Waals surface area contributed by atoms with E-state index in [0.29, 0.717) is 36.3 Å². The number of ether oxygens (including phenoxy) is 2. The van der Waals surface area contributed by atoms with Crippen LogP contribution in [0.2, 0.25) is 0 Å². The molecule has 1 amide bonds. The van der Waals surface area contributed by atoms with Crippen LogP contribution in [0.1, 0.15) is 50.3 Å². The molecule has 4 aliphatic rings. The maximum absolute atomic E-state index is 12.9. The fourth-order valence-corrected chi connectivity index (χ4v) is 6.27. The molecule has 0 unspecified atom stereocenters. The van der Waals surface area contributed by atoms with Gasteiger partial charge in [-0.1, -0.05) is 26.0 Å². The average Bonchev–Trinajstić information content (AvgIpc) is 3.13. The molecule has 0 saturated carbocycles. The molecule has 1 aromatic carbocycles. The van der Waals surface area contributed by atoms with Gasteiger partial charge >= 0.3 is 5.97 Å². The Labute approximate surface area is 193 Å². The van der Waals surface area contributed by atoms with E-state index in [0.717, 1.165) is 17.7 Å². The Morgan fingerprint density at radius 2 is 2.09 bits per heavy atom. The van der Waals surface area contributed by atoms with Crippen molar-refractivity contribution in [2.45, 2.75) is 75.8 Å². The summed E-state index contributed by atoms with van der Waals surface area (Å²) in [6.45, 7) is 5.72. The minimum atomic E-state index is -1.08. The SMILES string of the molecule is CC(C)C(=O)N[C@@H](C)C(=O)OC1=CC[C@@]2(O)[C@H]3Cc4ccc(CO)c5c4[C@@]2(CCN3C)[C@H]1O5. The molecule has 0 radical (unpaired) electrons. The molecule has 178 valence electrons. The Morgan fingerprint density at radius 3 is 2.79 bits per heavy atom. The maximum Gasteiger partial charge on any atom is 0.333 e. The third kappa shape index (κ3) is 2.93. The summed E-state index contributed by atoms with van der Waals surface area (Å²) in [6, 6.07) is 3.00. The molecule has 2 bridgehead atoms. The molecule has 5 rings (SSSR count). The third-order valence-electron chi connectivity index (χ3n) is 8.08. The van der Waals surface area contributed by atoms with Gasteiger partial charge in [0.1, 0.15) is 17.6 Å². The number of carbonyl (C=O) groups is 2. The number of piperidine rings is 1. The lowest BCUT2D eigenvalue weighted by atomic mass is 9.50. The lowest BCUT2D eigenvalue weighted by Crippen LogP contribution is -2.74. The lowest BCUT2D eigenvalue weighted by Gasteiger charge is -2.61. The fourth-order valence-electron chi connectivity index (χ4n) is 6.27. The van der Waals surface area contributed by atoms with E-state index >= 15 is 0 Å². The van der Waals surface area contributed by atoms with Gasteiger partial charge in [-0.2, -0.15) is 0 Å². The number of amides is 1. The highest BCUT2D eigenvalue weighted by atomic mass is 16.6. The molecule has 8 nitrogen and oxygen atoms in total. The van der Waals surface area contributed by atoms with Gasteiger partial charge in [0.25, 0.3) is 0 Å². The van der Waals surface area contributed by atoms with Crippen LogP contribution in [0, 0.1) is 5.92 Å². The molecule has 2 heterocycles. The van der Waals surface area contributed by atoms with Crippen molar-refractivity contribution in [3.8, 4) is 5.75 Å². The normalized spacial score (nSPS) is 32.5. The molecule has 1 aromatic rings. The number of nitrogens with one attached hydrogen (secondary N) is 1. The van der Waals surface area contributed by atoms with Crippen LogP contribution < -0.4 is 10.1 Å². The van der Waals surface area contributed by atoms with Crippen molar-refractivity contribution in [3.63, 3.8) is 0 Å². The number of likely N-dealkylation sites (N-methyl/N-ethyl adjacent to an activating group) is 1. The first-order valence-corrected chi connectivity index (χ1v) is 11.7. The Hall–Kier alpha value is -2.42. The first-order valence-electron chi connectivity index (χ1n) is 11.7. The number of nitrogens with zero attached hydrogens (tertiary/aromatic N) is 1. The predicted molar refractivity (Wildman–Crippen MR) is 119 cm³/mol. The van der Waals surface area contributed by atoms with Crippen molar-refractivity contribution in [2.24, 2.45) is 5.92 Å². The van der Waals surface area contributed by atoms with Crippen LogP contribution in [0.3, 0.4) is 0 Å². The standard InChI is InChI=1S/C25H32N2O6/c1-13(2)22(29)26-14(3)23(30)32-17-7-8-25(31)18-11-15-5-6-16(12-28)20-19(15)24(25,21(17)33-20)9-10-27(18)4/h5-7,13-14,18,21,28,31H,8-12H2,1-4H3,(H,26,29)/t14-,18+,21-,24-,25+/m0/s1. The van der Waals surface area contributed by atoms with Gasteiger partial charge in [0.2, 0.25) is 5.91 Å². The zero-order chi connectivity index (χ0) is 23.7. The summed E-state index contributed by atoms with van der Waals surface area (Å²) in [5.74, 6) is -0.0702. The highest BCUT2D eigenvalue weighted by molar-refractivity contribution is 5.85. The lowest BCUT2D eigenvalue weighted by molar-refractivity contribution is -0.170. The van der Waals surface area contributed by atoms with Crippen molar-refractivity contribution in [1.29, 1.82) is 0 Å². The number of likely N-dealkylation sites (tertiary alicyclic amines) is 1. The highest BCUT2D eigenvalue weighted by Gasteiger charge is 2.71. The van der Waals surface area contributed by atoms with Crippen LogP contribution in [0.25, 0.3) is 0 Å². The second-order valence-electron chi connectivity index (χ2n) is 10.2. The summed E-state index contributed by atoms with van der Waals surface area (Å²) in [4.78, 5) is 27.1. The van der Waals surface area contributed by atoms with Crippen LogP contribution in [0.15, 0.2) is 24.0 Å². The van der Waals surface area contributed by atoms with E-state index in [1.807, 2.05) is 19.2 Å². The average molecular weight is 457 g/mol. The van der Waals surface area contributed by atoms with Crippen molar-refractivity contribution in [2.75, 3.05) is 13.6 Å². The molecule has 3 N–H and O–H groups in total. The van der Waals surface area contributed by atoms with Gasteiger partial charge in [0.05, 0.1) is 17.6 Å². The van der Waals surface area contributed by atoms with Gasteiger partial charge in [-0.25, -0.2) is 4.79 Å². The Balaban J connectivity index is 1.54. The number of hydrogen-bond acceptors (Lipinski definition) is 7. The van der Waals surface area contributed by atoms with Gasteiger partial charge in [0, 0.05) is 29.5 Å². The first kappa shape index (κ1) is 22.4. The van der Waals surface area contributed by atoms with E-state index in [4.69, 9.17) is 9.47 Å². The van der Waals surface area contributed by atoms with Crippen LogP contribution in [-0.4, -0.2) is 64.4 Å². The smallest absolute Gasteiger partial charge is 0.333 e. The van der Waals surface area contributed by atoms with Gasteiger partial charge < -0.3 is 29.9 Å². The molecule has 33 heavy (non-hydrogen) atoms. The summed E-state index contributed by atoms with van der Waals surface area (Å²) in [7, 11) is 2.03. The zero-order valence-electron chi connectivity index (χ0n) is 19.6. The first-order chi connectivity index (χ1) is 15.6. The van der Waals surface area contributed by atoms with Gasteiger partial charge in [0.15, 0.2) is 6.10 Å². The molecule has 1 saturated heterocycles. The van der Waals surface area contributed by atoms with Crippen LogP contribution in [-0.2, 0) is 32.8 Å². The van der Waals surface area contributed by atoms with E-state index < -0.39 is 29.1 Å². The van der Waals surface area contributed by atoms with Gasteiger partial charge in [-0.15, -0.1) is 0 Å². The molecule has 2 aliphatic heterocycles. The number of aliphatic hydroxyl groups is 2. The van der Waals surface area contributed by atoms with Crippen molar-refractivity contribution >= 4 is 11.9 Å². The molecule has 1 fully saturated rings. The molecular weight excluding hydrogens is 424 g/mol. The fraction of sp³-hybridized carbons (Fsp3) is 0.600. The molecule has 5 atom stereocenters. The summed E-state index contributed by atoms with van der Waals surface area (Å²) in [6.07, 6.45) is 2.76. The largest absolute Gasteiger partial charge is 0.481 e. The number of aliphatic hydroxyl groups excluding tert-OH is 1. The maximum atomic E-state index is 12.9. The molecular formula is C25H32N2O6. The quantitative estimate of drug-likeness (QED) is 0.571. The summed E-state index contributed by atoms with van der Waals surface area (Å²) in [5, 5.41) is 24.8. The Kier molecular flexibility index (Phi) is 5.12. The minimum absolute atomic E-state index is 0.0893. The van der Waals surface area contributed by atoms with E-state index in [1.54, 1.807) is 26.8 Å². The van der Waals surface area contributed by atoms with Gasteiger partial charge in [-0.05, 0) is 45.0 Å². The topological polar surface area (TPSA) is 108 Å². The number of benzene rings is 1. The van der Waals surface area contributed by atoms with Crippen LogP contribution >= 0.6 is 0 Å². The number of carbonyl (C=O) groups excluding carboxylic acids is 2. The summed E-state index contributed by atoms with van der Waals surface area (Å²) < 4.78 is 12.3. The minimum Gasteiger partial charge on any atom is -0.481 e. The van der Waals surface area contributed by atoms with E-state index in [1.165, 1.54) is 0 Å². The van der Waals surface area contributed by atoms with Crippen LogP contribution in [0.5, 0.6) is 5.75 Å². The number of hydrogen-bond donors (Lipinski definition) is 3. The highest BCUT2D eigenvalue weighted by Crippen LogP contribution is 2.64.